The van der Waals surface area contributed by atoms with Crippen LogP contribution < -0.4 is 0 Å². The highest BCUT2D eigenvalue weighted by Gasteiger charge is 2.66. The van der Waals surface area contributed by atoms with E-state index in [1.807, 2.05) is 54.6 Å². The van der Waals surface area contributed by atoms with Crippen LogP contribution in [0.1, 0.15) is 33.1 Å². The van der Waals surface area contributed by atoms with Crippen molar-refractivity contribution in [2.24, 2.45) is 16.7 Å². The van der Waals surface area contributed by atoms with Gasteiger partial charge < -0.3 is 0 Å². The van der Waals surface area contributed by atoms with E-state index in [9.17, 15) is 0 Å². The average Bonchev–Trinajstić information content (AvgIpc) is 0.732. The van der Waals surface area contributed by atoms with E-state index >= 15 is 13.2 Å². The summed E-state index contributed by atoms with van der Waals surface area (Å²) in [6, 6.07) is 108. The summed E-state index contributed by atoms with van der Waals surface area (Å²) in [5.41, 5.74) is 14.1. The van der Waals surface area contributed by atoms with E-state index in [1.54, 1.807) is 0 Å². The van der Waals surface area contributed by atoms with Gasteiger partial charge in [0.15, 0.2) is 0 Å². The molecule has 4 nitrogen and oxygen atoms in total. The Labute approximate surface area is 519 Å². The largest absolute Gasteiger partial charge is 0.299 e. The van der Waals surface area contributed by atoms with Crippen molar-refractivity contribution in [1.82, 2.24) is 0 Å². The summed E-state index contributed by atoms with van der Waals surface area (Å²) in [5.74, 6) is -0.451. The molecule has 2 saturated carbocycles. The molecule has 6 heteroatoms. The molecule has 12 aromatic rings. The van der Waals surface area contributed by atoms with Gasteiger partial charge in [0.2, 0.25) is 0 Å². The Balaban J connectivity index is 1.30. The predicted molar refractivity (Wildman–Crippen MR) is 364 cm³/mol. The van der Waals surface area contributed by atoms with Crippen molar-refractivity contribution in [3.05, 3.63) is 309 Å². The van der Waals surface area contributed by atoms with Crippen LogP contribution in [0.15, 0.2) is 324 Å². The maximum Gasteiger partial charge on any atom is 0.278 e. The zero-order chi connectivity index (χ0) is 59.9. The molecule has 12 aromatic carbocycles. The van der Waals surface area contributed by atoms with Crippen molar-refractivity contribution in [2.45, 2.75) is 47.8 Å². The van der Waals surface area contributed by atoms with Crippen LogP contribution in [0.3, 0.4) is 0 Å². The van der Waals surface area contributed by atoms with Crippen molar-refractivity contribution in [3.63, 3.8) is 0 Å². The van der Waals surface area contributed by atoms with Gasteiger partial charge in [0.1, 0.15) is 5.78 Å². The first-order valence-electron chi connectivity index (χ1n) is 30.3. The number of ketones is 1. The van der Waals surface area contributed by atoms with Gasteiger partial charge in [-0.3, -0.25) is 4.79 Å². The predicted octanol–water partition coefficient (Wildman–Crippen LogP) is 21.6. The lowest BCUT2D eigenvalue weighted by Gasteiger charge is -2.47. The maximum atomic E-state index is 17.5. The number of Topliss-reactive ketones (excluding diaryl/α,β-unsaturated/α-hetero) is 1. The molecule has 0 aromatic heterocycles. The second-order valence-corrected chi connectivity index (χ2v) is 28.3. The van der Waals surface area contributed by atoms with Crippen molar-refractivity contribution in [3.8, 4) is 100 Å². The molecule has 14 rings (SSSR count). The Morgan fingerprint density at radius 3 is 0.773 bits per heavy atom. The second-order valence-electron chi connectivity index (χ2n) is 24.0. The number of hydrogen-bond acceptors (Lipinski definition) is 4. The number of carbonyl (C=O) groups is 1. The molecular formula is C82H66O4S2. The first-order valence-corrected chi connectivity index (χ1v) is 33.5. The smallest absolute Gasteiger partial charge is 0.278 e. The highest BCUT2D eigenvalue weighted by Crippen LogP contribution is 2.80. The average molecular weight is 1180 g/mol. The minimum atomic E-state index is -4.88. The number of rotatable bonds is 16. The Hall–Kier alpha value is -9.43. The van der Waals surface area contributed by atoms with Gasteiger partial charge in [0.05, 0.1) is 11.2 Å². The van der Waals surface area contributed by atoms with Crippen molar-refractivity contribution in [1.29, 1.82) is 0 Å². The van der Waals surface area contributed by atoms with Gasteiger partial charge in [-0.15, -0.1) is 0 Å². The van der Waals surface area contributed by atoms with E-state index in [1.165, 1.54) is 0 Å². The van der Waals surface area contributed by atoms with E-state index in [2.05, 4.69) is 269 Å². The summed E-state index contributed by atoms with van der Waals surface area (Å²) >= 11 is 0. The van der Waals surface area contributed by atoms with Gasteiger partial charge in [0.25, 0.3) is 10.1 Å². The number of carbonyl (C=O) groups excluding carboxylic acids is 1. The third-order valence-corrected chi connectivity index (χ3v) is 24.3. The third-order valence-electron chi connectivity index (χ3n) is 18.7. The highest BCUT2D eigenvalue weighted by molar-refractivity contribution is 8.33. The lowest BCUT2D eigenvalue weighted by Crippen LogP contribution is -2.42. The van der Waals surface area contributed by atoms with E-state index in [0.29, 0.717) is 27.5 Å². The first kappa shape index (κ1) is 56.4. The Morgan fingerprint density at radius 2 is 0.568 bits per heavy atom. The van der Waals surface area contributed by atoms with Crippen molar-refractivity contribution < 1.29 is 16.8 Å². The molecule has 0 radical (unpaired) electrons. The van der Waals surface area contributed by atoms with E-state index < -0.39 is 37.0 Å². The van der Waals surface area contributed by atoms with E-state index in [4.69, 9.17) is 3.63 Å². The van der Waals surface area contributed by atoms with Gasteiger partial charge in [0, 0.05) is 21.1 Å². The molecule has 2 aliphatic rings. The first-order chi connectivity index (χ1) is 43.0. The number of fused-ring (bicyclic) bond motifs is 2. The lowest BCUT2D eigenvalue weighted by atomic mass is 9.70. The molecule has 0 heterocycles. The molecule has 0 aliphatic heterocycles. The molecule has 0 amide bonds. The Kier molecular flexibility index (Phi) is 15.0. The molecule has 0 saturated heterocycles. The molecule has 0 N–H and O–H groups in total. The molecule has 0 spiro atoms. The molecule has 88 heavy (non-hydrogen) atoms. The lowest BCUT2D eigenvalue weighted by molar-refractivity contribution is -0.128. The van der Waals surface area contributed by atoms with Crippen molar-refractivity contribution >= 4 is 26.2 Å². The van der Waals surface area contributed by atoms with Crippen molar-refractivity contribution in [2.75, 3.05) is 5.75 Å². The van der Waals surface area contributed by atoms with Crippen LogP contribution >= 0.6 is 10.3 Å². The highest BCUT2D eigenvalue weighted by atomic mass is 32.3. The van der Waals surface area contributed by atoms with E-state index in [-0.39, 0.29) is 11.7 Å². The SMILES string of the molecule is CC1(C)C2CCC1(CS(=O)(=O)OS(c1c(-c3ccccc3)cc(-c3ccccc3)cc1-c1ccccc1)(c1c(-c3ccccc3)cc(-c3ccccc3)cc1-c1ccccc1)c1c(-c3ccccc3)cc(-c3ccccc3)cc1-c1ccccc1)C(=O)C2. The van der Waals surface area contributed by atoms with Crippen LogP contribution in [0.5, 0.6) is 0 Å². The quantitative estimate of drug-likeness (QED) is 0.0967. The van der Waals surface area contributed by atoms with Crippen LogP contribution in [0, 0.1) is 16.7 Å². The summed E-state index contributed by atoms with van der Waals surface area (Å²) in [5, 5.41) is 0. The molecular weight excluding hydrogens is 1110 g/mol. The standard InChI is InChI=1S/C82H66O4S2/c1-81(2)70-48-49-82(81,77(83)56-70)57-87(84,85)86-88(78-71(61-36-18-6-19-37-61)50-67(58-30-12-3-13-31-58)51-72(78)62-38-20-7-21-39-62,79-73(63-40-22-8-23-41-63)52-68(59-32-14-4-15-33-59)53-74(79)64-42-24-9-25-43-64)80-75(65-44-26-10-27-45-65)54-69(60-34-16-5-17-35-60)55-76(80)66-46-28-11-29-47-66/h3-47,50-55,70H,48-49,56-57H2,1-2H3. The Bertz CT molecular complexity index is 4010. The van der Waals surface area contributed by atoms with E-state index in [0.717, 1.165) is 107 Å². The third kappa shape index (κ3) is 10.1. The maximum absolute atomic E-state index is 17.5. The van der Waals surface area contributed by atoms with Crippen LogP contribution in [0.25, 0.3) is 100 Å². The zero-order valence-electron chi connectivity index (χ0n) is 49.3. The van der Waals surface area contributed by atoms with Gasteiger partial charge in [-0.1, -0.05) is 287 Å². The van der Waals surface area contributed by atoms with Crippen LogP contribution in [0.2, 0.25) is 0 Å². The second kappa shape index (κ2) is 23.3. The summed E-state index contributed by atoms with van der Waals surface area (Å²) in [6.07, 6.45) is 1.56. The van der Waals surface area contributed by atoms with Gasteiger partial charge >= 0.3 is 0 Å². The fourth-order valence-electron chi connectivity index (χ4n) is 14.2. The normalized spacial score (nSPS) is 16.3. The fraction of sp³-hybridized carbons (Fsp3) is 0.110. The molecule has 2 aliphatic carbocycles. The number of hydrogen-bond donors (Lipinski definition) is 0. The molecule has 2 atom stereocenters. The Morgan fingerprint density at radius 1 is 0.341 bits per heavy atom. The zero-order valence-corrected chi connectivity index (χ0v) is 50.9. The summed E-state index contributed by atoms with van der Waals surface area (Å²) in [6.45, 7) is 4.22. The van der Waals surface area contributed by atoms with Gasteiger partial charge in [-0.25, -0.2) is 3.63 Å². The monoisotopic (exact) mass is 1180 g/mol. The minimum absolute atomic E-state index is 0.00647. The summed E-state index contributed by atoms with van der Waals surface area (Å²) in [7, 11) is -8.86. The molecule has 2 bridgehead atoms. The molecule has 2 unspecified atom stereocenters. The van der Waals surface area contributed by atoms with Crippen LogP contribution in [-0.4, -0.2) is 20.0 Å². The molecule has 2 fully saturated rings. The van der Waals surface area contributed by atoms with Gasteiger partial charge in [-0.2, -0.15) is 8.42 Å². The van der Waals surface area contributed by atoms with Gasteiger partial charge in [-0.05, 0) is 171 Å². The minimum Gasteiger partial charge on any atom is -0.299 e. The fourth-order valence-corrected chi connectivity index (χ4v) is 21.3. The number of benzene rings is 12. The topological polar surface area (TPSA) is 60.4 Å². The van der Waals surface area contributed by atoms with Crippen LogP contribution in [0.4, 0.5) is 0 Å². The summed E-state index contributed by atoms with van der Waals surface area (Å²) < 4.78 is 43.5. The van der Waals surface area contributed by atoms with Crippen LogP contribution in [-0.2, 0) is 18.5 Å². The molecule has 430 valence electrons. The summed E-state index contributed by atoms with van der Waals surface area (Å²) in [4.78, 5) is 17.2.